The molecule has 0 aliphatic rings. The van der Waals surface area contributed by atoms with Crippen LogP contribution in [0.3, 0.4) is 0 Å². The van der Waals surface area contributed by atoms with Gasteiger partial charge in [-0.1, -0.05) is 55.1 Å². The Morgan fingerprint density at radius 3 is 2.23 bits per heavy atom. The number of carbonyl (C=O) groups excluding carboxylic acids is 1. The summed E-state index contributed by atoms with van der Waals surface area (Å²) in [5.41, 5.74) is -0.206. The molecule has 0 radical (unpaired) electrons. The lowest BCUT2D eigenvalue weighted by Gasteiger charge is -2.12. The van der Waals surface area contributed by atoms with E-state index in [-0.39, 0.29) is 11.3 Å². The molecule has 0 fully saturated rings. The molecule has 26 heavy (non-hydrogen) atoms. The van der Waals surface area contributed by atoms with Crippen LogP contribution in [0.1, 0.15) is 47.7 Å². The first kappa shape index (κ1) is 20.6. The highest BCUT2D eigenvalue weighted by Gasteiger charge is 2.35. The molecule has 2 nitrogen and oxygen atoms in total. The number of unbranched alkanes of at least 4 members (excludes halogenated alkanes) is 2. The van der Waals surface area contributed by atoms with Crippen molar-refractivity contribution in [1.29, 1.82) is 0 Å². The van der Waals surface area contributed by atoms with E-state index in [1.165, 1.54) is 0 Å². The number of hydrogen-bond acceptors (Lipinski definition) is 2. The van der Waals surface area contributed by atoms with Crippen molar-refractivity contribution in [3.8, 4) is 5.75 Å². The Morgan fingerprint density at radius 2 is 1.65 bits per heavy atom. The summed E-state index contributed by atoms with van der Waals surface area (Å²) in [5, 5.41) is -1.21. The predicted molar refractivity (Wildman–Crippen MR) is 96.1 cm³/mol. The highest BCUT2D eigenvalue weighted by molar-refractivity contribution is 6.44. The largest absolute Gasteiger partial charge is 0.423 e. The monoisotopic (exact) mass is 404 g/mol. The number of ether oxygens (including phenoxy) is 1. The van der Waals surface area contributed by atoms with E-state index in [0.29, 0.717) is 6.07 Å². The van der Waals surface area contributed by atoms with Crippen molar-refractivity contribution in [1.82, 2.24) is 0 Å². The average Bonchev–Trinajstić information content (AvgIpc) is 2.58. The molecule has 0 spiro atoms. The number of halogens is 5. The normalized spacial score (nSPS) is 11.5. The Labute approximate surface area is 159 Å². The first-order chi connectivity index (χ1) is 12.2. The van der Waals surface area contributed by atoms with E-state index in [0.717, 1.165) is 37.3 Å². The molecule has 0 aliphatic carbocycles. The van der Waals surface area contributed by atoms with Crippen LogP contribution in [0.15, 0.2) is 36.4 Å². The number of hydrogen-bond donors (Lipinski definition) is 0. The van der Waals surface area contributed by atoms with Crippen molar-refractivity contribution in [2.75, 3.05) is 0 Å². The summed E-state index contributed by atoms with van der Waals surface area (Å²) in [5.74, 6) is -0.592. The van der Waals surface area contributed by atoms with Gasteiger partial charge in [-0.15, -0.1) is 0 Å². The fraction of sp³-hybridized carbons (Fsp3) is 0.316. The van der Waals surface area contributed by atoms with Gasteiger partial charge in [0, 0.05) is 0 Å². The number of aryl methyl sites for hydroxylation is 1. The molecule has 0 aliphatic heterocycles. The van der Waals surface area contributed by atoms with Gasteiger partial charge in [0.15, 0.2) is 0 Å². The van der Waals surface area contributed by atoms with Gasteiger partial charge in [0.05, 0.1) is 21.2 Å². The highest BCUT2D eigenvalue weighted by Crippen LogP contribution is 2.39. The molecule has 0 amide bonds. The zero-order valence-corrected chi connectivity index (χ0v) is 15.5. The summed E-state index contributed by atoms with van der Waals surface area (Å²) < 4.78 is 43.6. The second-order valence-electron chi connectivity index (χ2n) is 5.78. The molecule has 0 unspecified atom stereocenters. The zero-order valence-electron chi connectivity index (χ0n) is 14.0. The number of esters is 1. The van der Waals surface area contributed by atoms with Crippen LogP contribution in [-0.2, 0) is 12.6 Å². The Bertz CT molecular complexity index is 772. The Kier molecular flexibility index (Phi) is 6.95. The third kappa shape index (κ3) is 5.15. The van der Waals surface area contributed by atoms with E-state index in [9.17, 15) is 18.0 Å². The minimum Gasteiger partial charge on any atom is -0.423 e. The van der Waals surface area contributed by atoms with E-state index in [1.54, 1.807) is 12.1 Å². The maximum Gasteiger partial charge on any atom is 0.417 e. The Balaban J connectivity index is 2.11. The van der Waals surface area contributed by atoms with Crippen LogP contribution < -0.4 is 4.74 Å². The molecule has 0 heterocycles. The van der Waals surface area contributed by atoms with Crippen molar-refractivity contribution in [2.24, 2.45) is 0 Å². The van der Waals surface area contributed by atoms with Crippen LogP contribution in [0.4, 0.5) is 13.2 Å². The molecule has 140 valence electrons. The SMILES string of the molecule is CCCCCc1ccc(OC(=O)c2ccc(C(F)(F)F)c(Cl)c2Cl)cc1. The topological polar surface area (TPSA) is 26.3 Å². The summed E-state index contributed by atoms with van der Waals surface area (Å²) in [7, 11) is 0. The van der Waals surface area contributed by atoms with Gasteiger partial charge in [0.25, 0.3) is 0 Å². The third-order valence-electron chi connectivity index (χ3n) is 3.81. The highest BCUT2D eigenvalue weighted by atomic mass is 35.5. The average molecular weight is 405 g/mol. The van der Waals surface area contributed by atoms with Crippen molar-refractivity contribution < 1.29 is 22.7 Å². The summed E-state index contributed by atoms with van der Waals surface area (Å²) in [6.45, 7) is 2.13. The summed E-state index contributed by atoms with van der Waals surface area (Å²) in [6, 6.07) is 8.64. The fourth-order valence-electron chi connectivity index (χ4n) is 2.39. The first-order valence-electron chi connectivity index (χ1n) is 8.10. The van der Waals surface area contributed by atoms with E-state index in [4.69, 9.17) is 27.9 Å². The standard InChI is InChI=1S/C19H17Cl2F3O2/c1-2-3-4-5-12-6-8-13(9-7-12)26-18(25)14-10-11-15(19(22,23)24)17(21)16(14)20/h6-11H,2-5H2,1H3. The van der Waals surface area contributed by atoms with Gasteiger partial charge in [-0.2, -0.15) is 13.2 Å². The first-order valence-corrected chi connectivity index (χ1v) is 8.86. The molecule has 0 atom stereocenters. The van der Waals surface area contributed by atoms with Crippen LogP contribution in [0.5, 0.6) is 5.75 Å². The maximum atomic E-state index is 12.8. The van der Waals surface area contributed by atoms with Crippen LogP contribution in [0.25, 0.3) is 0 Å². The Morgan fingerprint density at radius 1 is 1.00 bits per heavy atom. The molecule has 0 saturated carbocycles. The van der Waals surface area contributed by atoms with Crippen LogP contribution in [0.2, 0.25) is 10.0 Å². The second-order valence-corrected chi connectivity index (χ2v) is 6.53. The van der Waals surface area contributed by atoms with Gasteiger partial charge >= 0.3 is 12.1 Å². The van der Waals surface area contributed by atoms with Gasteiger partial charge in [0.2, 0.25) is 0 Å². The van der Waals surface area contributed by atoms with Crippen LogP contribution in [-0.4, -0.2) is 5.97 Å². The second kappa shape index (κ2) is 8.78. The van der Waals surface area contributed by atoms with Gasteiger partial charge < -0.3 is 4.74 Å². The molecule has 2 aromatic carbocycles. The van der Waals surface area contributed by atoms with Crippen LogP contribution >= 0.6 is 23.2 Å². The quantitative estimate of drug-likeness (QED) is 0.295. The molecular weight excluding hydrogens is 388 g/mol. The van der Waals surface area contributed by atoms with E-state index >= 15 is 0 Å². The molecule has 0 bridgehead atoms. The lowest BCUT2D eigenvalue weighted by atomic mass is 10.1. The third-order valence-corrected chi connectivity index (χ3v) is 4.69. The molecule has 0 saturated heterocycles. The lowest BCUT2D eigenvalue weighted by molar-refractivity contribution is -0.137. The number of benzene rings is 2. The van der Waals surface area contributed by atoms with E-state index in [1.807, 2.05) is 12.1 Å². The van der Waals surface area contributed by atoms with Crippen molar-refractivity contribution >= 4 is 29.2 Å². The molecule has 2 aromatic rings. The van der Waals surface area contributed by atoms with Crippen LogP contribution in [0, 0.1) is 0 Å². The number of carbonyl (C=O) groups is 1. The molecule has 7 heteroatoms. The summed E-state index contributed by atoms with van der Waals surface area (Å²) in [4.78, 5) is 12.2. The summed E-state index contributed by atoms with van der Waals surface area (Å²) >= 11 is 11.5. The zero-order chi connectivity index (χ0) is 19.3. The van der Waals surface area contributed by atoms with Gasteiger partial charge in [-0.05, 0) is 42.7 Å². The molecule has 2 rings (SSSR count). The summed E-state index contributed by atoms with van der Waals surface area (Å²) in [6.07, 6.45) is -0.371. The van der Waals surface area contributed by atoms with Gasteiger partial charge in [-0.3, -0.25) is 0 Å². The van der Waals surface area contributed by atoms with E-state index < -0.39 is 27.8 Å². The van der Waals surface area contributed by atoms with Gasteiger partial charge in [-0.25, -0.2) is 4.79 Å². The molecule has 0 aromatic heterocycles. The maximum absolute atomic E-state index is 12.8. The van der Waals surface area contributed by atoms with Crippen molar-refractivity contribution in [3.63, 3.8) is 0 Å². The van der Waals surface area contributed by atoms with E-state index in [2.05, 4.69) is 6.92 Å². The molecular formula is C19H17Cl2F3O2. The smallest absolute Gasteiger partial charge is 0.417 e. The van der Waals surface area contributed by atoms with Crippen molar-refractivity contribution in [2.45, 2.75) is 38.8 Å². The number of rotatable bonds is 6. The van der Waals surface area contributed by atoms with Gasteiger partial charge in [0.1, 0.15) is 5.75 Å². The minimum atomic E-state index is -4.66. The fourth-order valence-corrected chi connectivity index (χ4v) is 2.91. The molecule has 0 N–H and O–H groups in total. The van der Waals surface area contributed by atoms with Crippen molar-refractivity contribution in [3.05, 3.63) is 63.1 Å². The number of alkyl halides is 3. The minimum absolute atomic E-state index is 0.225. The predicted octanol–water partition coefficient (Wildman–Crippen LogP) is 6.96. The Hall–Kier alpha value is -1.72. The lowest BCUT2D eigenvalue weighted by Crippen LogP contribution is -2.12.